The van der Waals surface area contributed by atoms with Crippen LogP contribution in [0.1, 0.15) is 53.6 Å². The van der Waals surface area contributed by atoms with E-state index in [2.05, 4.69) is 10.8 Å². The maximum Gasteiger partial charge on any atom is 0.341 e. The lowest BCUT2D eigenvalue weighted by molar-refractivity contribution is 0.0597. The Hall–Kier alpha value is -2.54. The Labute approximate surface area is 164 Å². The van der Waals surface area contributed by atoms with Crippen LogP contribution < -0.4 is 4.31 Å². The van der Waals surface area contributed by atoms with Crippen LogP contribution in [0.25, 0.3) is 0 Å². The molecule has 148 valence electrons. The predicted molar refractivity (Wildman–Crippen MR) is 105 cm³/mol. The Balaban J connectivity index is 1.78. The quantitative estimate of drug-likeness (QED) is 0.792. The van der Waals surface area contributed by atoms with E-state index in [4.69, 9.17) is 0 Å². The van der Waals surface area contributed by atoms with E-state index < -0.39 is 16.0 Å². The number of aryl methyl sites for hydroxylation is 1. The SMILES string of the molecule is COC(=O)c1cc(S(=O)(=O)N2c3ccc(C4CC4)cc3CCC2C)ccc1O. The van der Waals surface area contributed by atoms with E-state index in [-0.39, 0.29) is 22.3 Å². The largest absolute Gasteiger partial charge is 0.507 e. The number of anilines is 1. The van der Waals surface area contributed by atoms with E-state index in [0.29, 0.717) is 11.6 Å². The molecule has 0 aromatic heterocycles. The third kappa shape index (κ3) is 3.13. The van der Waals surface area contributed by atoms with Gasteiger partial charge in [0.05, 0.1) is 17.7 Å². The lowest BCUT2D eigenvalue weighted by Crippen LogP contribution is -2.42. The molecular weight excluding hydrogens is 378 g/mol. The van der Waals surface area contributed by atoms with Crippen molar-refractivity contribution in [3.8, 4) is 5.75 Å². The number of phenolic OH excluding ortho intramolecular Hbond substituents is 1. The smallest absolute Gasteiger partial charge is 0.341 e. The summed E-state index contributed by atoms with van der Waals surface area (Å²) in [5.74, 6) is -0.489. The van der Waals surface area contributed by atoms with E-state index in [1.807, 2.05) is 19.1 Å². The molecule has 1 fully saturated rings. The van der Waals surface area contributed by atoms with Crippen molar-refractivity contribution in [2.24, 2.45) is 0 Å². The zero-order valence-electron chi connectivity index (χ0n) is 15.9. The van der Waals surface area contributed by atoms with Gasteiger partial charge in [-0.3, -0.25) is 4.31 Å². The predicted octanol–water partition coefficient (Wildman–Crippen LogP) is 3.59. The third-order valence-electron chi connectivity index (χ3n) is 5.55. The van der Waals surface area contributed by atoms with Gasteiger partial charge in [-0.1, -0.05) is 12.1 Å². The van der Waals surface area contributed by atoms with Gasteiger partial charge in [0.1, 0.15) is 11.3 Å². The number of benzene rings is 2. The Kier molecular flexibility index (Phi) is 4.57. The zero-order valence-corrected chi connectivity index (χ0v) is 16.7. The van der Waals surface area contributed by atoms with Gasteiger partial charge in [0.2, 0.25) is 0 Å². The summed E-state index contributed by atoms with van der Waals surface area (Å²) in [6, 6.07) is 9.56. The van der Waals surface area contributed by atoms with Gasteiger partial charge in [0.15, 0.2) is 0 Å². The lowest BCUT2D eigenvalue weighted by Gasteiger charge is -2.36. The van der Waals surface area contributed by atoms with Crippen molar-refractivity contribution in [2.75, 3.05) is 11.4 Å². The summed E-state index contributed by atoms with van der Waals surface area (Å²) in [6.07, 6.45) is 3.95. The first-order valence-corrected chi connectivity index (χ1v) is 10.9. The highest BCUT2D eigenvalue weighted by Gasteiger charge is 2.35. The van der Waals surface area contributed by atoms with Gasteiger partial charge < -0.3 is 9.84 Å². The van der Waals surface area contributed by atoms with Gasteiger partial charge >= 0.3 is 5.97 Å². The summed E-state index contributed by atoms with van der Waals surface area (Å²) >= 11 is 0. The van der Waals surface area contributed by atoms with E-state index >= 15 is 0 Å². The summed E-state index contributed by atoms with van der Waals surface area (Å²) in [4.78, 5) is 11.8. The average Bonchev–Trinajstić information content (AvgIpc) is 3.52. The number of carbonyl (C=O) groups excluding carboxylic acids is 1. The molecule has 1 atom stereocenters. The van der Waals surface area contributed by atoms with Gasteiger partial charge in [-0.25, -0.2) is 13.2 Å². The molecule has 1 saturated carbocycles. The number of fused-ring (bicyclic) bond motifs is 1. The number of phenols is 1. The standard InChI is InChI=1S/C21H23NO5S/c1-13-3-4-16-11-15(14-5-6-14)7-9-19(16)22(13)28(25,26)17-8-10-20(23)18(12-17)21(24)27-2/h7-14,23H,3-6H2,1-2H3. The highest BCUT2D eigenvalue weighted by atomic mass is 32.2. The summed E-state index contributed by atoms with van der Waals surface area (Å²) in [5, 5.41) is 9.90. The highest BCUT2D eigenvalue weighted by molar-refractivity contribution is 7.92. The van der Waals surface area contributed by atoms with E-state index in [1.54, 1.807) is 0 Å². The fourth-order valence-electron chi connectivity index (χ4n) is 3.84. The number of rotatable bonds is 4. The molecule has 0 saturated heterocycles. The van der Waals surface area contributed by atoms with Crippen molar-refractivity contribution in [3.05, 3.63) is 53.1 Å². The Morgan fingerprint density at radius 2 is 1.89 bits per heavy atom. The number of methoxy groups -OCH3 is 1. The molecule has 28 heavy (non-hydrogen) atoms. The average molecular weight is 401 g/mol. The normalized spacial score (nSPS) is 19.2. The molecule has 2 aliphatic rings. The van der Waals surface area contributed by atoms with Crippen molar-refractivity contribution >= 4 is 21.7 Å². The van der Waals surface area contributed by atoms with Crippen LogP contribution in [0.4, 0.5) is 5.69 Å². The Morgan fingerprint density at radius 1 is 1.14 bits per heavy atom. The molecule has 2 aromatic carbocycles. The van der Waals surface area contributed by atoms with Crippen LogP contribution in [-0.2, 0) is 21.2 Å². The summed E-state index contributed by atoms with van der Waals surface area (Å²) in [5.41, 5.74) is 2.84. The van der Waals surface area contributed by atoms with Gasteiger partial charge in [-0.2, -0.15) is 0 Å². The van der Waals surface area contributed by atoms with Gasteiger partial charge in [-0.05, 0) is 73.9 Å². The van der Waals surface area contributed by atoms with Gasteiger partial charge in [0.25, 0.3) is 10.0 Å². The lowest BCUT2D eigenvalue weighted by atomic mass is 9.96. The van der Waals surface area contributed by atoms with Crippen molar-refractivity contribution in [2.45, 2.75) is 49.5 Å². The molecule has 1 aliphatic carbocycles. The number of hydrogen-bond donors (Lipinski definition) is 1. The van der Waals surface area contributed by atoms with Crippen molar-refractivity contribution in [1.29, 1.82) is 0 Å². The number of esters is 1. The molecule has 6 nitrogen and oxygen atoms in total. The Morgan fingerprint density at radius 3 is 2.57 bits per heavy atom. The molecule has 7 heteroatoms. The van der Waals surface area contributed by atoms with Gasteiger partial charge in [-0.15, -0.1) is 0 Å². The molecule has 0 radical (unpaired) electrons. The highest BCUT2D eigenvalue weighted by Crippen LogP contribution is 2.43. The first-order chi connectivity index (χ1) is 13.3. The van der Waals surface area contributed by atoms with Crippen molar-refractivity contribution < 1.29 is 23.1 Å². The maximum atomic E-state index is 13.5. The zero-order chi connectivity index (χ0) is 20.1. The molecule has 2 aromatic rings. The molecule has 0 spiro atoms. The Bertz CT molecular complexity index is 1040. The fraction of sp³-hybridized carbons (Fsp3) is 0.381. The van der Waals surface area contributed by atoms with Crippen LogP contribution >= 0.6 is 0 Å². The number of aromatic hydroxyl groups is 1. The van der Waals surface area contributed by atoms with Crippen LogP contribution in [0.2, 0.25) is 0 Å². The minimum Gasteiger partial charge on any atom is -0.507 e. The monoisotopic (exact) mass is 401 g/mol. The van der Waals surface area contributed by atoms with Crippen LogP contribution in [0.3, 0.4) is 0 Å². The fourth-order valence-corrected chi connectivity index (χ4v) is 5.59. The number of nitrogens with zero attached hydrogens (tertiary/aromatic N) is 1. The first kappa shape index (κ1) is 18.8. The summed E-state index contributed by atoms with van der Waals surface area (Å²) in [6.45, 7) is 1.89. The number of carbonyl (C=O) groups is 1. The molecular formula is C21H23NO5S. The third-order valence-corrected chi connectivity index (χ3v) is 7.48. The number of hydrogen-bond acceptors (Lipinski definition) is 5. The maximum absolute atomic E-state index is 13.5. The van der Waals surface area contributed by atoms with Crippen LogP contribution in [0, 0.1) is 0 Å². The molecule has 0 bridgehead atoms. The van der Waals surface area contributed by atoms with Crippen LogP contribution in [-0.4, -0.2) is 32.6 Å². The van der Waals surface area contributed by atoms with Crippen LogP contribution in [0.15, 0.2) is 41.3 Å². The summed E-state index contributed by atoms with van der Waals surface area (Å²) in [7, 11) is -2.72. The molecule has 4 rings (SSSR count). The second kappa shape index (κ2) is 6.81. The first-order valence-electron chi connectivity index (χ1n) is 9.41. The summed E-state index contributed by atoms with van der Waals surface area (Å²) < 4.78 is 33.0. The van der Waals surface area contributed by atoms with E-state index in [9.17, 15) is 18.3 Å². The van der Waals surface area contributed by atoms with E-state index in [0.717, 1.165) is 18.4 Å². The van der Waals surface area contributed by atoms with Crippen molar-refractivity contribution in [1.82, 2.24) is 0 Å². The van der Waals surface area contributed by atoms with E-state index in [1.165, 1.54) is 48.0 Å². The molecule has 1 heterocycles. The second-order valence-electron chi connectivity index (χ2n) is 7.52. The molecule has 1 unspecified atom stereocenters. The second-order valence-corrected chi connectivity index (χ2v) is 9.34. The number of sulfonamides is 1. The topological polar surface area (TPSA) is 83.9 Å². The molecule has 1 N–H and O–H groups in total. The van der Waals surface area contributed by atoms with Crippen LogP contribution in [0.5, 0.6) is 5.75 Å². The minimum absolute atomic E-state index is 0.0448. The number of ether oxygens (including phenoxy) is 1. The minimum atomic E-state index is -3.91. The van der Waals surface area contributed by atoms with Gasteiger partial charge in [0, 0.05) is 6.04 Å². The van der Waals surface area contributed by atoms with Crippen molar-refractivity contribution in [3.63, 3.8) is 0 Å². The molecule has 0 amide bonds. The molecule has 1 aliphatic heterocycles.